The number of benzene rings is 2. The average Bonchev–Trinajstić information content (AvgIpc) is 3.23. The molecule has 3 aliphatic heterocycles. The molecule has 2 aromatic heterocycles. The first-order chi connectivity index (χ1) is 19.4. The molecule has 1 fully saturated rings. The van der Waals surface area contributed by atoms with Crippen LogP contribution < -0.4 is 5.56 Å². The number of pyridine rings is 1. The molecule has 1 aliphatic carbocycles. The molecule has 5 heterocycles. The first-order valence-corrected chi connectivity index (χ1v) is 14.0. The van der Waals surface area contributed by atoms with Crippen LogP contribution in [0.15, 0.2) is 83.1 Å². The van der Waals surface area contributed by atoms with E-state index < -0.39 is 0 Å². The molecular weight excluding hydrogens is 545 g/mol. The van der Waals surface area contributed by atoms with Crippen molar-refractivity contribution in [2.45, 2.75) is 37.8 Å². The Kier molecular flexibility index (Phi) is 5.25. The number of hydrogen-bond donors (Lipinski definition) is 0. The lowest BCUT2D eigenvalue weighted by atomic mass is 9.93. The Balaban J connectivity index is 1.11. The van der Waals surface area contributed by atoms with Crippen LogP contribution in [-0.4, -0.2) is 25.3 Å². The van der Waals surface area contributed by atoms with E-state index in [1.807, 2.05) is 22.9 Å². The number of nitrogens with zero attached hydrogens (tertiary/aromatic N) is 5. The Labute approximate surface area is 240 Å². The third-order valence-corrected chi connectivity index (χ3v) is 8.89. The second-order valence-corrected chi connectivity index (χ2v) is 11.7. The highest BCUT2D eigenvalue weighted by Gasteiger charge is 2.54. The number of rotatable bonds is 4. The van der Waals surface area contributed by atoms with Crippen LogP contribution in [-0.2, 0) is 17.8 Å². The van der Waals surface area contributed by atoms with E-state index in [0.717, 1.165) is 58.8 Å². The smallest absolute Gasteiger partial charge is 0.251 e. The lowest BCUT2D eigenvalue weighted by Crippen LogP contribution is -2.29. The Morgan fingerprint density at radius 1 is 1.00 bits per heavy atom. The molecule has 0 spiro atoms. The van der Waals surface area contributed by atoms with Gasteiger partial charge in [0.25, 0.3) is 5.56 Å². The van der Waals surface area contributed by atoms with Gasteiger partial charge in [-0.1, -0.05) is 47.1 Å². The van der Waals surface area contributed by atoms with Gasteiger partial charge in [-0.2, -0.15) is 0 Å². The molecular formula is C31H23Cl2N5O2. The zero-order valence-corrected chi connectivity index (χ0v) is 22.9. The summed E-state index contributed by atoms with van der Waals surface area (Å²) in [6.45, 7) is 4.51. The van der Waals surface area contributed by atoms with Crippen molar-refractivity contribution in [3.05, 3.63) is 116 Å². The van der Waals surface area contributed by atoms with E-state index in [0.29, 0.717) is 28.6 Å². The molecule has 3 unspecified atom stereocenters. The van der Waals surface area contributed by atoms with Gasteiger partial charge < -0.3 is 9.30 Å². The topological polar surface area (TPSA) is 74.3 Å². The van der Waals surface area contributed by atoms with Crippen LogP contribution in [0.3, 0.4) is 0 Å². The van der Waals surface area contributed by atoms with Gasteiger partial charge in [-0.05, 0) is 70.5 Å². The number of fused-ring (bicyclic) bond motifs is 4. The molecule has 4 aromatic rings. The number of allylic oxidation sites excluding steroid dienone is 2. The highest BCUT2D eigenvalue weighted by Crippen LogP contribution is 2.60. The van der Waals surface area contributed by atoms with Crippen molar-refractivity contribution >= 4 is 34.5 Å². The fourth-order valence-corrected chi connectivity index (χ4v) is 6.81. The largest absolute Gasteiger partial charge is 0.494 e. The first-order valence-electron chi connectivity index (χ1n) is 13.3. The lowest BCUT2D eigenvalue weighted by molar-refractivity contribution is 0.182. The van der Waals surface area contributed by atoms with Gasteiger partial charge in [0, 0.05) is 53.0 Å². The fraction of sp³-hybridized carbons (Fsp3) is 0.226. The van der Waals surface area contributed by atoms with E-state index in [9.17, 15) is 4.79 Å². The van der Waals surface area contributed by atoms with Crippen LogP contribution in [0.1, 0.15) is 47.2 Å². The monoisotopic (exact) mass is 567 g/mol. The molecule has 7 nitrogen and oxygen atoms in total. The van der Waals surface area contributed by atoms with Crippen molar-refractivity contribution in [2.75, 3.05) is 0 Å². The maximum atomic E-state index is 13.7. The van der Waals surface area contributed by atoms with Gasteiger partial charge in [-0.15, -0.1) is 5.10 Å². The molecule has 8 rings (SSSR count). The summed E-state index contributed by atoms with van der Waals surface area (Å²) >= 11 is 12.4. The van der Waals surface area contributed by atoms with Crippen molar-refractivity contribution in [2.24, 2.45) is 10.9 Å². The van der Waals surface area contributed by atoms with E-state index in [1.54, 1.807) is 23.0 Å². The van der Waals surface area contributed by atoms with Crippen LogP contribution >= 0.6 is 23.2 Å². The zero-order chi connectivity index (χ0) is 27.1. The molecule has 0 amide bonds. The normalized spacial score (nSPS) is 22.2. The maximum absolute atomic E-state index is 13.7. The van der Waals surface area contributed by atoms with Crippen LogP contribution in [0.25, 0.3) is 22.4 Å². The highest BCUT2D eigenvalue weighted by molar-refractivity contribution is 6.31. The van der Waals surface area contributed by atoms with Crippen molar-refractivity contribution in [1.29, 1.82) is 0 Å². The standard InChI is InChI=1S/C31H23Cl2N5O2/c1-16-6-17-2-3-18(7-21(17)15-40-16)20-8-26(34-13-20)31-25-12-24(25)28-9-19(10-30(39)38(28)31)23-11-22(32)4-5-27(23)37-14-29(33)35-36-37/h2-5,7,9-11,13-14,24-25,31H,1,6,8,12,15H2. The predicted octanol–water partition coefficient (Wildman–Crippen LogP) is 6.53. The van der Waals surface area contributed by atoms with Gasteiger partial charge in [-0.25, -0.2) is 4.68 Å². The summed E-state index contributed by atoms with van der Waals surface area (Å²) in [4.78, 5) is 18.6. The Hall–Kier alpha value is -3.94. The molecule has 2 aromatic carbocycles. The summed E-state index contributed by atoms with van der Waals surface area (Å²) in [5.74, 6) is 1.56. The number of hydrogen-bond acceptors (Lipinski definition) is 5. The van der Waals surface area contributed by atoms with Gasteiger partial charge in [0.15, 0.2) is 5.15 Å². The number of aromatic nitrogens is 4. The predicted molar refractivity (Wildman–Crippen MR) is 155 cm³/mol. The van der Waals surface area contributed by atoms with Gasteiger partial charge in [0.1, 0.15) is 6.61 Å². The Bertz CT molecular complexity index is 1880. The summed E-state index contributed by atoms with van der Waals surface area (Å²) < 4.78 is 9.24. The first kappa shape index (κ1) is 23.9. The minimum atomic E-state index is -0.0328. The molecule has 198 valence electrons. The molecule has 3 atom stereocenters. The van der Waals surface area contributed by atoms with Crippen molar-refractivity contribution in [3.63, 3.8) is 0 Å². The van der Waals surface area contributed by atoms with Gasteiger partial charge >= 0.3 is 0 Å². The summed E-state index contributed by atoms with van der Waals surface area (Å²) in [6, 6.07) is 15.8. The molecule has 40 heavy (non-hydrogen) atoms. The van der Waals surface area contributed by atoms with E-state index in [1.165, 1.54) is 16.7 Å². The third-order valence-electron chi connectivity index (χ3n) is 8.48. The molecule has 1 saturated carbocycles. The van der Waals surface area contributed by atoms with Crippen molar-refractivity contribution < 1.29 is 4.74 Å². The quantitative estimate of drug-likeness (QED) is 0.281. The van der Waals surface area contributed by atoms with Gasteiger partial charge in [0.2, 0.25) is 0 Å². The highest BCUT2D eigenvalue weighted by atomic mass is 35.5. The number of aliphatic imine (C=N–C) groups is 1. The van der Waals surface area contributed by atoms with Crippen LogP contribution in [0.4, 0.5) is 0 Å². The molecule has 4 aliphatic rings. The molecule has 0 N–H and O–H groups in total. The minimum absolute atomic E-state index is 0.0208. The van der Waals surface area contributed by atoms with E-state index >= 15 is 0 Å². The second kappa shape index (κ2) is 8.78. The van der Waals surface area contributed by atoms with Gasteiger partial charge in [0.05, 0.1) is 23.7 Å². The van der Waals surface area contributed by atoms with Crippen molar-refractivity contribution in [3.8, 4) is 16.8 Å². The average molecular weight is 568 g/mol. The van der Waals surface area contributed by atoms with E-state index in [2.05, 4.69) is 41.2 Å². The SMILES string of the molecule is C=C1Cc2ccc(C3=CN=C(C4C5CC5c5cc(-c6cc(Cl)ccc6-n6cc(Cl)nn6)cc(=O)n54)C3)cc2CO1. The van der Waals surface area contributed by atoms with E-state index in [4.69, 9.17) is 32.9 Å². The van der Waals surface area contributed by atoms with Crippen LogP contribution in [0, 0.1) is 5.92 Å². The molecule has 0 bridgehead atoms. The number of halogens is 2. The van der Waals surface area contributed by atoms with Crippen LogP contribution in [0.2, 0.25) is 10.2 Å². The second-order valence-electron chi connectivity index (χ2n) is 10.9. The van der Waals surface area contributed by atoms with E-state index in [-0.39, 0.29) is 11.6 Å². The molecule has 9 heteroatoms. The zero-order valence-electron chi connectivity index (χ0n) is 21.3. The maximum Gasteiger partial charge on any atom is 0.251 e. The third kappa shape index (κ3) is 3.79. The van der Waals surface area contributed by atoms with Crippen molar-refractivity contribution in [1.82, 2.24) is 19.6 Å². The summed E-state index contributed by atoms with van der Waals surface area (Å²) in [5.41, 5.74) is 9.23. The molecule has 0 radical (unpaired) electrons. The Morgan fingerprint density at radius 2 is 1.90 bits per heavy atom. The lowest BCUT2D eigenvalue weighted by Gasteiger charge is -2.21. The summed E-state index contributed by atoms with van der Waals surface area (Å²) in [5, 5.41) is 8.89. The fourth-order valence-electron chi connectivity index (χ4n) is 6.51. The Morgan fingerprint density at radius 3 is 2.75 bits per heavy atom. The molecule has 0 saturated heterocycles. The minimum Gasteiger partial charge on any atom is -0.494 e. The van der Waals surface area contributed by atoms with Crippen LogP contribution in [0.5, 0.6) is 0 Å². The number of ether oxygens (including phenoxy) is 1. The summed E-state index contributed by atoms with van der Waals surface area (Å²) in [6.07, 6.45) is 6.15. The van der Waals surface area contributed by atoms with Gasteiger partial charge in [-0.3, -0.25) is 9.79 Å². The summed E-state index contributed by atoms with van der Waals surface area (Å²) in [7, 11) is 0.